The Balaban J connectivity index is 2.56. The molecule has 0 spiro atoms. The average Bonchev–Trinajstić information content (AvgIpc) is 2.42. The Bertz CT molecular complexity index is 399. The molecule has 1 aliphatic rings. The molecule has 1 fully saturated rings. The summed E-state index contributed by atoms with van der Waals surface area (Å²) < 4.78 is 4.48. The summed E-state index contributed by atoms with van der Waals surface area (Å²) in [5.41, 5.74) is 0. The lowest BCUT2D eigenvalue weighted by molar-refractivity contribution is -0.142. The first-order valence-electron chi connectivity index (χ1n) is 7.21. The second kappa shape index (κ2) is 7.85. The highest BCUT2D eigenvalue weighted by Crippen LogP contribution is 2.22. The minimum atomic E-state index is -1.15. The van der Waals surface area contributed by atoms with Gasteiger partial charge in [-0.05, 0) is 32.1 Å². The third kappa shape index (κ3) is 5.24. The molecule has 0 aromatic rings. The normalized spacial score (nSPS) is 23.3. The average molecular weight is 300 g/mol. The molecule has 120 valence electrons. The smallest absolute Gasteiger partial charge is 0.326 e. The third-order valence-electron chi connectivity index (χ3n) is 3.86. The van der Waals surface area contributed by atoms with Crippen molar-refractivity contribution in [2.45, 2.75) is 51.6 Å². The molecule has 21 heavy (non-hydrogen) atoms. The maximum absolute atomic E-state index is 12.2. The van der Waals surface area contributed by atoms with Gasteiger partial charge in [-0.2, -0.15) is 0 Å². The summed E-state index contributed by atoms with van der Waals surface area (Å²) in [5, 5.41) is 11.6. The number of likely N-dealkylation sites (tertiary alicyclic amines) is 1. The standard InChI is InChI=1S/C14H24N2O5/c1-9-6-7-16(10(2)8-9)14(20)15-11(13(18)19)4-5-12(17)21-3/h9-11H,4-8H2,1-3H3,(H,15,20)(H,18,19)/t9?,10?,11-/m0/s1. The van der Waals surface area contributed by atoms with Crippen LogP contribution in [-0.2, 0) is 14.3 Å². The first-order chi connectivity index (χ1) is 9.85. The van der Waals surface area contributed by atoms with Crippen molar-refractivity contribution < 1.29 is 24.2 Å². The van der Waals surface area contributed by atoms with E-state index in [0.717, 1.165) is 12.8 Å². The van der Waals surface area contributed by atoms with Crippen LogP contribution in [-0.4, -0.2) is 53.7 Å². The van der Waals surface area contributed by atoms with E-state index in [2.05, 4.69) is 17.0 Å². The van der Waals surface area contributed by atoms with Gasteiger partial charge in [0.2, 0.25) is 0 Å². The fourth-order valence-corrected chi connectivity index (χ4v) is 2.56. The molecule has 0 aliphatic carbocycles. The van der Waals surface area contributed by atoms with Crippen molar-refractivity contribution in [3.63, 3.8) is 0 Å². The topological polar surface area (TPSA) is 95.9 Å². The zero-order chi connectivity index (χ0) is 16.0. The van der Waals surface area contributed by atoms with Crippen LogP contribution in [0.3, 0.4) is 0 Å². The van der Waals surface area contributed by atoms with Crippen LogP contribution in [0.2, 0.25) is 0 Å². The lowest BCUT2D eigenvalue weighted by Gasteiger charge is -2.37. The summed E-state index contributed by atoms with van der Waals surface area (Å²) in [7, 11) is 1.24. The van der Waals surface area contributed by atoms with E-state index >= 15 is 0 Å². The van der Waals surface area contributed by atoms with Gasteiger partial charge in [0, 0.05) is 19.0 Å². The molecule has 1 aliphatic heterocycles. The number of nitrogens with one attached hydrogen (secondary N) is 1. The van der Waals surface area contributed by atoms with Crippen LogP contribution < -0.4 is 5.32 Å². The van der Waals surface area contributed by atoms with Gasteiger partial charge in [-0.1, -0.05) is 6.92 Å². The number of urea groups is 1. The number of carboxylic acids is 1. The number of hydrogen-bond acceptors (Lipinski definition) is 4. The Kier molecular flexibility index (Phi) is 6.45. The van der Waals surface area contributed by atoms with Crippen molar-refractivity contribution >= 4 is 18.0 Å². The minimum absolute atomic E-state index is 0.0202. The fraction of sp³-hybridized carbons (Fsp3) is 0.786. The molecule has 7 nitrogen and oxygen atoms in total. The van der Waals surface area contributed by atoms with Crippen LogP contribution in [0, 0.1) is 5.92 Å². The molecule has 0 bridgehead atoms. The van der Waals surface area contributed by atoms with Gasteiger partial charge in [0.25, 0.3) is 0 Å². The highest BCUT2D eigenvalue weighted by molar-refractivity contribution is 5.83. The second-order valence-electron chi connectivity index (χ2n) is 5.63. The number of amides is 2. The summed E-state index contributed by atoms with van der Waals surface area (Å²) in [5.74, 6) is -1.07. The van der Waals surface area contributed by atoms with Gasteiger partial charge >= 0.3 is 18.0 Å². The van der Waals surface area contributed by atoms with Gasteiger partial charge < -0.3 is 20.1 Å². The van der Waals surface area contributed by atoms with E-state index in [9.17, 15) is 14.4 Å². The summed E-state index contributed by atoms with van der Waals surface area (Å²) in [6, 6.07) is -1.38. The summed E-state index contributed by atoms with van der Waals surface area (Å²) in [6.07, 6.45) is 1.80. The van der Waals surface area contributed by atoms with Gasteiger partial charge in [0.1, 0.15) is 6.04 Å². The number of nitrogens with zero attached hydrogens (tertiary/aromatic N) is 1. The van der Waals surface area contributed by atoms with Gasteiger partial charge in [-0.25, -0.2) is 9.59 Å². The summed E-state index contributed by atoms with van der Waals surface area (Å²) >= 11 is 0. The number of carbonyl (C=O) groups excluding carboxylic acids is 2. The van der Waals surface area contributed by atoms with Crippen molar-refractivity contribution in [3.05, 3.63) is 0 Å². The van der Waals surface area contributed by atoms with Crippen molar-refractivity contribution in [1.29, 1.82) is 0 Å². The van der Waals surface area contributed by atoms with Crippen LogP contribution in [0.1, 0.15) is 39.5 Å². The van der Waals surface area contributed by atoms with Crippen molar-refractivity contribution in [1.82, 2.24) is 10.2 Å². The highest BCUT2D eigenvalue weighted by atomic mass is 16.5. The summed E-state index contributed by atoms with van der Waals surface area (Å²) in [4.78, 5) is 36.1. The highest BCUT2D eigenvalue weighted by Gasteiger charge is 2.29. The molecule has 2 unspecified atom stereocenters. The molecule has 0 aromatic carbocycles. The lowest BCUT2D eigenvalue weighted by atomic mass is 9.94. The number of carboxylic acid groups (broad SMARTS) is 1. The Morgan fingerprint density at radius 3 is 2.57 bits per heavy atom. The SMILES string of the molecule is COC(=O)CC[C@H](NC(=O)N1CCC(C)CC1C)C(=O)O. The van der Waals surface area contributed by atoms with Crippen LogP contribution >= 0.6 is 0 Å². The quantitative estimate of drug-likeness (QED) is 0.744. The Morgan fingerprint density at radius 2 is 2.05 bits per heavy atom. The van der Waals surface area contributed by atoms with Gasteiger partial charge in [0.15, 0.2) is 0 Å². The number of aliphatic carboxylic acids is 1. The van der Waals surface area contributed by atoms with E-state index in [1.54, 1.807) is 4.90 Å². The second-order valence-corrected chi connectivity index (χ2v) is 5.63. The van der Waals surface area contributed by atoms with E-state index in [0.29, 0.717) is 12.5 Å². The van der Waals surface area contributed by atoms with Gasteiger partial charge in [0.05, 0.1) is 7.11 Å². The van der Waals surface area contributed by atoms with Crippen LogP contribution in [0.15, 0.2) is 0 Å². The van der Waals surface area contributed by atoms with E-state index in [-0.39, 0.29) is 24.9 Å². The van der Waals surface area contributed by atoms with Crippen molar-refractivity contribution in [3.8, 4) is 0 Å². The zero-order valence-electron chi connectivity index (χ0n) is 12.8. The summed E-state index contributed by atoms with van der Waals surface area (Å²) in [6.45, 7) is 4.72. The number of hydrogen-bond donors (Lipinski definition) is 2. The molecule has 0 saturated carbocycles. The molecule has 2 N–H and O–H groups in total. The minimum Gasteiger partial charge on any atom is -0.480 e. The Morgan fingerprint density at radius 1 is 1.38 bits per heavy atom. The molecular weight excluding hydrogens is 276 g/mol. The fourth-order valence-electron chi connectivity index (χ4n) is 2.56. The molecule has 3 atom stereocenters. The van der Waals surface area contributed by atoms with Crippen LogP contribution in [0.4, 0.5) is 4.79 Å². The van der Waals surface area contributed by atoms with Gasteiger partial charge in [-0.15, -0.1) is 0 Å². The predicted octanol–water partition coefficient (Wildman–Crippen LogP) is 1.22. The maximum Gasteiger partial charge on any atom is 0.326 e. The van der Waals surface area contributed by atoms with Crippen LogP contribution in [0.25, 0.3) is 0 Å². The lowest BCUT2D eigenvalue weighted by Crippen LogP contribution is -2.53. The molecule has 1 heterocycles. The molecule has 0 aromatic heterocycles. The number of rotatable bonds is 5. The molecule has 7 heteroatoms. The van der Waals surface area contributed by atoms with Gasteiger partial charge in [-0.3, -0.25) is 4.79 Å². The number of esters is 1. The predicted molar refractivity (Wildman–Crippen MR) is 75.8 cm³/mol. The van der Waals surface area contributed by atoms with Crippen molar-refractivity contribution in [2.75, 3.05) is 13.7 Å². The molecule has 2 amide bonds. The van der Waals surface area contributed by atoms with E-state index in [1.807, 2.05) is 6.92 Å². The van der Waals surface area contributed by atoms with Crippen LogP contribution in [0.5, 0.6) is 0 Å². The monoisotopic (exact) mass is 300 g/mol. The Labute approximate surface area is 124 Å². The van der Waals surface area contributed by atoms with E-state index in [1.165, 1.54) is 7.11 Å². The Hall–Kier alpha value is -1.79. The molecule has 1 saturated heterocycles. The molecular formula is C14H24N2O5. The number of methoxy groups -OCH3 is 1. The molecule has 0 radical (unpaired) electrons. The maximum atomic E-state index is 12.2. The first-order valence-corrected chi connectivity index (χ1v) is 7.21. The largest absolute Gasteiger partial charge is 0.480 e. The number of piperidine rings is 1. The van der Waals surface area contributed by atoms with E-state index in [4.69, 9.17) is 5.11 Å². The zero-order valence-corrected chi connectivity index (χ0v) is 12.8. The van der Waals surface area contributed by atoms with E-state index < -0.39 is 18.0 Å². The molecule has 1 rings (SSSR count). The first kappa shape index (κ1) is 17.3. The third-order valence-corrected chi connectivity index (χ3v) is 3.86. The van der Waals surface area contributed by atoms with Crippen molar-refractivity contribution in [2.24, 2.45) is 5.92 Å². The number of carbonyl (C=O) groups is 3. The number of ether oxygens (including phenoxy) is 1.